The summed E-state index contributed by atoms with van der Waals surface area (Å²) in [7, 11) is 0. The van der Waals surface area contributed by atoms with E-state index in [1.165, 1.54) is 51.4 Å². The molecule has 0 spiro atoms. The first-order chi connectivity index (χ1) is 19.0. The van der Waals surface area contributed by atoms with Crippen molar-refractivity contribution in [3.05, 3.63) is 11.6 Å². The Hall–Kier alpha value is -1.52. The molecular formula is C35H57NO4. The quantitative estimate of drug-likeness (QED) is 0.294. The maximum atomic E-state index is 12.7. The second-order valence-electron chi connectivity index (χ2n) is 15.6. The number of hydrogen-bond donors (Lipinski definition) is 2. The minimum Gasteiger partial charge on any atom is -0.481 e. The first kappa shape index (κ1) is 30.0. The molecule has 0 bridgehead atoms. The first-order valence-corrected chi connectivity index (χ1v) is 16.9. The lowest BCUT2D eigenvalue weighted by atomic mass is 9.47. The van der Waals surface area contributed by atoms with Crippen LogP contribution >= 0.6 is 0 Å². The summed E-state index contributed by atoms with van der Waals surface area (Å²) in [5.74, 6) is 4.05. The Labute approximate surface area is 243 Å². The van der Waals surface area contributed by atoms with E-state index in [2.05, 4.69) is 46.0 Å². The van der Waals surface area contributed by atoms with Crippen molar-refractivity contribution in [1.82, 2.24) is 5.32 Å². The SMILES string of the molecule is CC(C)CCC[C@@H](C)[C@H]1CC[C@H]2[C@@H]3CC=C4C[C@@H](OC(=O)N[C@H]5CC[C@H](C(=O)O)CC5)CC[C@]4(C)[C@H]3CC[C@]12C. The highest BCUT2D eigenvalue weighted by molar-refractivity contribution is 5.70. The van der Waals surface area contributed by atoms with Crippen LogP contribution in [0.5, 0.6) is 0 Å². The van der Waals surface area contributed by atoms with Crippen molar-refractivity contribution in [3.63, 3.8) is 0 Å². The summed E-state index contributed by atoms with van der Waals surface area (Å²) in [5.41, 5.74) is 2.33. The average Bonchev–Trinajstić information content (AvgIpc) is 3.26. The summed E-state index contributed by atoms with van der Waals surface area (Å²) < 4.78 is 5.96. The number of aliphatic carboxylic acids is 1. The summed E-state index contributed by atoms with van der Waals surface area (Å²) in [6.07, 6.45) is 18.9. The van der Waals surface area contributed by atoms with Gasteiger partial charge in [-0.2, -0.15) is 0 Å². The van der Waals surface area contributed by atoms with Gasteiger partial charge in [0.15, 0.2) is 0 Å². The monoisotopic (exact) mass is 555 g/mol. The number of carbonyl (C=O) groups is 2. The van der Waals surface area contributed by atoms with Crippen LogP contribution in [0.2, 0.25) is 0 Å². The van der Waals surface area contributed by atoms with E-state index in [1.807, 2.05) is 0 Å². The summed E-state index contributed by atoms with van der Waals surface area (Å²) in [5, 5.41) is 12.3. The Morgan fingerprint density at radius 3 is 2.42 bits per heavy atom. The number of rotatable bonds is 8. The molecule has 0 aromatic rings. The van der Waals surface area contributed by atoms with E-state index in [9.17, 15) is 14.7 Å². The van der Waals surface area contributed by atoms with E-state index in [0.29, 0.717) is 18.3 Å². The van der Waals surface area contributed by atoms with Crippen LogP contribution in [0.3, 0.4) is 0 Å². The van der Waals surface area contributed by atoms with Gasteiger partial charge in [-0.05, 0) is 117 Å². The number of carboxylic acids is 1. The zero-order chi connectivity index (χ0) is 28.7. The van der Waals surface area contributed by atoms with Crippen molar-refractivity contribution < 1.29 is 19.4 Å². The average molecular weight is 556 g/mol. The highest BCUT2D eigenvalue weighted by Gasteiger charge is 2.59. The number of amides is 1. The molecule has 0 aliphatic heterocycles. The number of ether oxygens (including phenoxy) is 1. The Kier molecular flexibility index (Phi) is 8.98. The van der Waals surface area contributed by atoms with Gasteiger partial charge in [0, 0.05) is 12.5 Å². The highest BCUT2D eigenvalue weighted by Crippen LogP contribution is 2.67. The van der Waals surface area contributed by atoms with Crippen molar-refractivity contribution in [2.45, 2.75) is 143 Å². The predicted octanol–water partition coefficient (Wildman–Crippen LogP) is 8.77. The fraction of sp³-hybridized carbons (Fsp3) is 0.886. The van der Waals surface area contributed by atoms with Gasteiger partial charge in [0.2, 0.25) is 0 Å². The fourth-order valence-corrected chi connectivity index (χ4v) is 10.6. The lowest BCUT2D eigenvalue weighted by Crippen LogP contribution is -2.51. The standard InChI is InChI=1S/C35H57NO4/c1-22(2)7-6-8-23(3)29-15-16-30-28-14-11-25-21-27(17-19-34(25,4)31(28)18-20-35(29,30)5)40-33(39)36-26-12-9-24(10-13-26)32(37)38/h11,22-24,26-31H,6-10,12-21H2,1-5H3,(H,36,39)(H,37,38)/t23-,24-,26-,27+,28+,29-,30+,31+,34+,35-/m1/s1. The van der Waals surface area contributed by atoms with Gasteiger partial charge in [-0.3, -0.25) is 4.79 Å². The normalized spacial score (nSPS) is 41.8. The van der Waals surface area contributed by atoms with Crippen molar-refractivity contribution in [1.29, 1.82) is 0 Å². The Morgan fingerprint density at radius 1 is 0.975 bits per heavy atom. The van der Waals surface area contributed by atoms with Crippen molar-refractivity contribution >= 4 is 12.1 Å². The van der Waals surface area contributed by atoms with Gasteiger partial charge in [0.25, 0.3) is 0 Å². The molecule has 5 aliphatic rings. The Morgan fingerprint density at radius 2 is 1.73 bits per heavy atom. The lowest BCUT2D eigenvalue weighted by Gasteiger charge is -2.58. The molecule has 0 radical (unpaired) electrons. The van der Waals surface area contributed by atoms with Crippen LogP contribution in [0.1, 0.15) is 131 Å². The predicted molar refractivity (Wildman–Crippen MR) is 160 cm³/mol. The molecule has 1 amide bonds. The van der Waals surface area contributed by atoms with Gasteiger partial charge < -0.3 is 15.2 Å². The third-order valence-electron chi connectivity index (χ3n) is 12.9. The van der Waals surface area contributed by atoms with Crippen LogP contribution in [-0.4, -0.2) is 29.3 Å². The fourth-order valence-electron chi connectivity index (χ4n) is 10.6. The molecule has 8 atom stereocenters. The molecule has 5 nitrogen and oxygen atoms in total. The highest BCUT2D eigenvalue weighted by atomic mass is 16.6. The molecule has 2 N–H and O–H groups in total. The van der Waals surface area contributed by atoms with E-state index in [-0.39, 0.29) is 29.6 Å². The third-order valence-corrected chi connectivity index (χ3v) is 12.9. The molecule has 5 rings (SSSR count). The molecular weight excluding hydrogens is 498 g/mol. The van der Waals surface area contributed by atoms with Crippen molar-refractivity contribution in [2.75, 3.05) is 0 Å². The lowest BCUT2D eigenvalue weighted by molar-refractivity contribution is -0.142. The molecule has 4 saturated carbocycles. The van der Waals surface area contributed by atoms with Crippen LogP contribution in [0, 0.1) is 52.3 Å². The topological polar surface area (TPSA) is 75.6 Å². The van der Waals surface area contributed by atoms with Crippen LogP contribution in [0.15, 0.2) is 11.6 Å². The molecule has 0 aromatic heterocycles. The number of allylic oxidation sites excluding steroid dienone is 1. The second-order valence-corrected chi connectivity index (χ2v) is 15.6. The van der Waals surface area contributed by atoms with Crippen LogP contribution in [0.25, 0.3) is 0 Å². The van der Waals surface area contributed by atoms with Gasteiger partial charge in [-0.25, -0.2) is 4.79 Å². The smallest absolute Gasteiger partial charge is 0.407 e. The van der Waals surface area contributed by atoms with E-state index < -0.39 is 5.97 Å². The first-order valence-electron chi connectivity index (χ1n) is 16.9. The summed E-state index contributed by atoms with van der Waals surface area (Å²) in [6, 6.07) is 0.0383. The van der Waals surface area contributed by atoms with Gasteiger partial charge in [0.05, 0.1) is 5.92 Å². The molecule has 5 aliphatic carbocycles. The number of hydrogen-bond acceptors (Lipinski definition) is 3. The molecule has 226 valence electrons. The zero-order valence-corrected chi connectivity index (χ0v) is 26.1. The Bertz CT molecular complexity index is 951. The molecule has 0 unspecified atom stereocenters. The minimum absolute atomic E-state index is 0.0383. The van der Waals surface area contributed by atoms with E-state index in [4.69, 9.17) is 4.74 Å². The van der Waals surface area contributed by atoms with Gasteiger partial charge in [-0.15, -0.1) is 0 Å². The van der Waals surface area contributed by atoms with Crippen molar-refractivity contribution in [3.8, 4) is 0 Å². The van der Waals surface area contributed by atoms with Crippen LogP contribution in [0.4, 0.5) is 4.79 Å². The number of alkyl carbamates (subject to hydrolysis) is 1. The minimum atomic E-state index is -0.712. The summed E-state index contributed by atoms with van der Waals surface area (Å²) >= 11 is 0. The number of fused-ring (bicyclic) bond motifs is 5. The number of carboxylic acid groups (broad SMARTS) is 1. The van der Waals surface area contributed by atoms with Gasteiger partial charge in [0.1, 0.15) is 6.10 Å². The maximum Gasteiger partial charge on any atom is 0.407 e. The Balaban J connectivity index is 1.16. The second kappa shape index (κ2) is 12.0. The van der Waals surface area contributed by atoms with E-state index in [0.717, 1.165) is 67.6 Å². The molecule has 5 heteroatoms. The zero-order valence-electron chi connectivity index (χ0n) is 26.1. The molecule has 0 saturated heterocycles. The molecule has 40 heavy (non-hydrogen) atoms. The van der Waals surface area contributed by atoms with Crippen LogP contribution < -0.4 is 5.32 Å². The maximum absolute atomic E-state index is 12.7. The van der Waals surface area contributed by atoms with Crippen molar-refractivity contribution in [2.24, 2.45) is 52.3 Å². The van der Waals surface area contributed by atoms with E-state index >= 15 is 0 Å². The third kappa shape index (κ3) is 5.87. The van der Waals surface area contributed by atoms with Gasteiger partial charge >= 0.3 is 12.1 Å². The largest absolute Gasteiger partial charge is 0.481 e. The van der Waals surface area contributed by atoms with Crippen LogP contribution in [-0.2, 0) is 9.53 Å². The summed E-state index contributed by atoms with van der Waals surface area (Å²) in [4.78, 5) is 24.0. The summed E-state index contributed by atoms with van der Waals surface area (Å²) in [6.45, 7) is 12.5. The molecule has 0 aromatic carbocycles. The number of nitrogens with one attached hydrogen (secondary N) is 1. The van der Waals surface area contributed by atoms with E-state index in [1.54, 1.807) is 5.57 Å². The van der Waals surface area contributed by atoms with Gasteiger partial charge in [-0.1, -0.05) is 65.5 Å². The molecule has 4 fully saturated rings. The number of carbonyl (C=O) groups excluding carboxylic acids is 1. The molecule has 0 heterocycles.